The number of benzene rings is 2. The Morgan fingerprint density at radius 2 is 1.83 bits per heavy atom. The van der Waals surface area contributed by atoms with Crippen LogP contribution in [0.1, 0.15) is 25.0 Å². The van der Waals surface area contributed by atoms with Crippen LogP contribution in [0.25, 0.3) is 0 Å². The van der Waals surface area contributed by atoms with E-state index >= 15 is 0 Å². The predicted octanol–water partition coefficient (Wildman–Crippen LogP) is 5.01. The molecule has 0 unspecified atom stereocenters. The maximum absolute atomic E-state index is 12.8. The van der Waals surface area contributed by atoms with Crippen molar-refractivity contribution >= 4 is 34.8 Å². The molecule has 0 spiro atoms. The largest absolute Gasteiger partial charge is 0.476 e. The van der Waals surface area contributed by atoms with Gasteiger partial charge in [0.15, 0.2) is 5.60 Å². The Kier molecular flexibility index (Phi) is 4.03. The summed E-state index contributed by atoms with van der Waals surface area (Å²) in [6.07, 6.45) is 0. The number of halogens is 2. The first-order valence-corrected chi connectivity index (χ1v) is 8.09. The minimum absolute atomic E-state index is 0.0818. The lowest BCUT2D eigenvalue weighted by Gasteiger charge is -2.39. The number of carbonyl (C=O) groups is 1. The molecule has 5 heteroatoms. The molecule has 23 heavy (non-hydrogen) atoms. The van der Waals surface area contributed by atoms with E-state index in [0.717, 1.165) is 16.8 Å². The maximum atomic E-state index is 12.8. The number of carbonyl (C=O) groups excluding carboxylic acids is 1. The van der Waals surface area contributed by atoms with Crippen LogP contribution in [0.3, 0.4) is 0 Å². The average Bonchev–Trinajstić information content (AvgIpc) is 2.48. The number of anilines is 1. The van der Waals surface area contributed by atoms with Crippen molar-refractivity contribution in [2.24, 2.45) is 0 Å². The molecule has 2 aromatic carbocycles. The van der Waals surface area contributed by atoms with Crippen LogP contribution >= 0.6 is 23.2 Å². The van der Waals surface area contributed by atoms with Crippen molar-refractivity contribution in [2.45, 2.75) is 32.9 Å². The minimum atomic E-state index is -0.904. The van der Waals surface area contributed by atoms with Crippen LogP contribution in [-0.2, 0) is 11.3 Å². The van der Waals surface area contributed by atoms with Gasteiger partial charge in [-0.05, 0) is 56.2 Å². The molecule has 2 aromatic rings. The molecule has 0 N–H and O–H groups in total. The Labute approximate surface area is 145 Å². The molecule has 3 rings (SSSR count). The molecule has 3 nitrogen and oxygen atoms in total. The second-order valence-corrected chi connectivity index (χ2v) is 7.04. The smallest absolute Gasteiger partial charge is 0.271 e. The minimum Gasteiger partial charge on any atom is -0.476 e. The summed E-state index contributed by atoms with van der Waals surface area (Å²) in [6.45, 7) is 5.96. The van der Waals surface area contributed by atoms with Gasteiger partial charge in [0, 0.05) is 0 Å². The Morgan fingerprint density at radius 1 is 1.09 bits per heavy atom. The van der Waals surface area contributed by atoms with Crippen molar-refractivity contribution in [1.29, 1.82) is 0 Å². The first-order valence-electron chi connectivity index (χ1n) is 7.33. The van der Waals surface area contributed by atoms with E-state index in [0.29, 0.717) is 22.3 Å². The van der Waals surface area contributed by atoms with Crippen LogP contribution < -0.4 is 9.64 Å². The van der Waals surface area contributed by atoms with Crippen LogP contribution in [0, 0.1) is 6.92 Å². The molecule has 0 saturated heterocycles. The zero-order chi connectivity index (χ0) is 16.8. The van der Waals surface area contributed by atoms with Crippen molar-refractivity contribution < 1.29 is 9.53 Å². The summed E-state index contributed by atoms with van der Waals surface area (Å²) in [5.41, 5.74) is 1.86. The molecule has 0 radical (unpaired) electrons. The molecule has 1 amide bonds. The molecule has 0 aromatic heterocycles. The van der Waals surface area contributed by atoms with Gasteiger partial charge in [-0.1, -0.05) is 35.3 Å². The van der Waals surface area contributed by atoms with Crippen LogP contribution in [0.15, 0.2) is 36.4 Å². The molecule has 0 saturated carbocycles. The van der Waals surface area contributed by atoms with Gasteiger partial charge in [-0.2, -0.15) is 0 Å². The van der Waals surface area contributed by atoms with Gasteiger partial charge in [-0.3, -0.25) is 4.79 Å². The second-order valence-electron chi connectivity index (χ2n) is 6.22. The third kappa shape index (κ3) is 3.04. The van der Waals surface area contributed by atoms with Crippen LogP contribution in [0.4, 0.5) is 5.69 Å². The topological polar surface area (TPSA) is 29.5 Å². The number of aryl methyl sites for hydroxylation is 1. The summed E-state index contributed by atoms with van der Waals surface area (Å²) >= 11 is 12.1. The van der Waals surface area contributed by atoms with Gasteiger partial charge in [0.05, 0.1) is 22.3 Å². The van der Waals surface area contributed by atoms with E-state index < -0.39 is 5.60 Å². The molecule has 0 atom stereocenters. The molecule has 0 fully saturated rings. The van der Waals surface area contributed by atoms with E-state index in [1.165, 1.54) is 0 Å². The van der Waals surface area contributed by atoms with Gasteiger partial charge in [0.1, 0.15) is 5.75 Å². The quantitative estimate of drug-likeness (QED) is 0.762. The molecule has 1 heterocycles. The van der Waals surface area contributed by atoms with Crippen molar-refractivity contribution in [3.63, 3.8) is 0 Å². The lowest BCUT2D eigenvalue weighted by atomic mass is 10.0. The zero-order valence-electron chi connectivity index (χ0n) is 13.2. The Balaban J connectivity index is 2.04. The molecule has 1 aliphatic heterocycles. The number of hydrogen-bond donors (Lipinski definition) is 0. The van der Waals surface area contributed by atoms with Crippen molar-refractivity contribution in [1.82, 2.24) is 0 Å². The van der Waals surface area contributed by atoms with Gasteiger partial charge in [0.2, 0.25) is 0 Å². The third-order valence-corrected chi connectivity index (χ3v) is 4.59. The molecule has 0 bridgehead atoms. The Hall–Kier alpha value is -1.71. The van der Waals surface area contributed by atoms with Crippen molar-refractivity contribution in [2.75, 3.05) is 4.90 Å². The normalized spacial score (nSPS) is 16.0. The Bertz CT molecular complexity index is 787. The van der Waals surface area contributed by atoms with Crippen molar-refractivity contribution in [3.05, 3.63) is 57.6 Å². The fraction of sp³-hybridized carbons (Fsp3) is 0.278. The van der Waals surface area contributed by atoms with Crippen LogP contribution in [0.2, 0.25) is 10.0 Å². The molecule has 0 aliphatic carbocycles. The summed E-state index contributed by atoms with van der Waals surface area (Å²) < 4.78 is 5.86. The second kappa shape index (κ2) is 5.73. The van der Waals surface area contributed by atoms with E-state index in [1.54, 1.807) is 30.9 Å². The summed E-state index contributed by atoms with van der Waals surface area (Å²) in [7, 11) is 0. The van der Waals surface area contributed by atoms with E-state index in [2.05, 4.69) is 0 Å². The monoisotopic (exact) mass is 349 g/mol. The van der Waals surface area contributed by atoms with Crippen LogP contribution in [0.5, 0.6) is 5.75 Å². The number of fused-ring (bicyclic) bond motifs is 1. The highest BCUT2D eigenvalue weighted by atomic mass is 35.5. The number of nitrogens with zero attached hydrogens (tertiary/aromatic N) is 1. The van der Waals surface area contributed by atoms with E-state index in [9.17, 15) is 4.79 Å². The molecular formula is C18H17Cl2NO2. The van der Waals surface area contributed by atoms with E-state index in [-0.39, 0.29) is 5.91 Å². The maximum Gasteiger partial charge on any atom is 0.271 e. The number of ether oxygens (including phenoxy) is 1. The van der Waals surface area contributed by atoms with Crippen LogP contribution in [-0.4, -0.2) is 11.5 Å². The molecule has 120 valence electrons. The Morgan fingerprint density at radius 3 is 2.52 bits per heavy atom. The molecular weight excluding hydrogens is 333 g/mol. The van der Waals surface area contributed by atoms with E-state index in [4.69, 9.17) is 27.9 Å². The summed E-state index contributed by atoms with van der Waals surface area (Å²) in [5.74, 6) is 0.627. The summed E-state index contributed by atoms with van der Waals surface area (Å²) in [4.78, 5) is 14.6. The van der Waals surface area contributed by atoms with Gasteiger partial charge < -0.3 is 9.64 Å². The highest BCUT2D eigenvalue weighted by Gasteiger charge is 2.40. The third-order valence-electron chi connectivity index (χ3n) is 3.86. The number of amides is 1. The summed E-state index contributed by atoms with van der Waals surface area (Å²) in [5, 5.41) is 0.980. The van der Waals surface area contributed by atoms with E-state index in [1.807, 2.05) is 31.2 Å². The first kappa shape index (κ1) is 16.2. The predicted molar refractivity (Wildman–Crippen MR) is 93.5 cm³/mol. The highest BCUT2D eigenvalue weighted by Crippen LogP contribution is 2.39. The fourth-order valence-corrected chi connectivity index (χ4v) is 2.98. The highest BCUT2D eigenvalue weighted by molar-refractivity contribution is 6.42. The van der Waals surface area contributed by atoms with Crippen molar-refractivity contribution in [3.8, 4) is 5.75 Å². The van der Waals surface area contributed by atoms with Gasteiger partial charge in [0.25, 0.3) is 5.91 Å². The fourth-order valence-electron chi connectivity index (χ4n) is 2.66. The number of rotatable bonds is 2. The lowest BCUT2D eigenvalue weighted by molar-refractivity contribution is -0.132. The average molecular weight is 350 g/mol. The summed E-state index contributed by atoms with van der Waals surface area (Å²) in [6, 6.07) is 11.2. The molecule has 1 aliphatic rings. The van der Waals surface area contributed by atoms with Gasteiger partial charge >= 0.3 is 0 Å². The SMILES string of the molecule is Cc1ccc2c(c1)N(Cc1ccc(Cl)c(Cl)c1)C(=O)C(C)(C)O2. The van der Waals surface area contributed by atoms with Gasteiger partial charge in [-0.15, -0.1) is 0 Å². The number of hydrogen-bond acceptors (Lipinski definition) is 2. The van der Waals surface area contributed by atoms with Gasteiger partial charge in [-0.25, -0.2) is 0 Å². The zero-order valence-corrected chi connectivity index (χ0v) is 14.7. The standard InChI is InChI=1S/C18H17Cl2NO2/c1-11-4-7-16-15(8-11)21(17(22)18(2,3)23-16)10-12-5-6-13(19)14(20)9-12/h4-9H,10H2,1-3H3. The first-order chi connectivity index (χ1) is 10.8. The lowest BCUT2D eigenvalue weighted by Crippen LogP contribution is -2.52.